The van der Waals surface area contributed by atoms with Crippen LogP contribution < -0.4 is 0 Å². The number of nitrogens with zero attached hydrogens (tertiary/aromatic N) is 3. The standard InChI is InChI=1S/C21H29N3O2S/c1-15-5-6-18(27-15)19(25)23-10-8-22(9-11-23)17-13-24(14-17)20(26)21-7-3-2-4-16(21)12-21/h5-6,16-17H,2-4,7-14H2,1H3. The molecule has 0 aromatic carbocycles. The molecule has 4 fully saturated rings. The molecular weight excluding hydrogens is 358 g/mol. The minimum absolute atomic E-state index is 0.0488. The minimum atomic E-state index is 0.0488. The van der Waals surface area contributed by atoms with Gasteiger partial charge in [0.25, 0.3) is 5.91 Å². The van der Waals surface area contributed by atoms with Crippen molar-refractivity contribution in [3.8, 4) is 0 Å². The summed E-state index contributed by atoms with van der Waals surface area (Å²) in [5.74, 6) is 1.31. The van der Waals surface area contributed by atoms with E-state index in [2.05, 4.69) is 9.80 Å². The van der Waals surface area contributed by atoms with E-state index in [9.17, 15) is 9.59 Å². The Kier molecular flexibility index (Phi) is 4.32. The highest BCUT2D eigenvalue weighted by molar-refractivity contribution is 7.13. The summed E-state index contributed by atoms with van der Waals surface area (Å²) < 4.78 is 0. The first-order chi connectivity index (χ1) is 13.1. The molecule has 1 aromatic heterocycles. The van der Waals surface area contributed by atoms with Gasteiger partial charge in [-0.05, 0) is 44.2 Å². The SMILES string of the molecule is Cc1ccc(C(=O)N2CCN(C3CN(C(=O)C45CCCCC4C5)C3)CC2)s1. The lowest BCUT2D eigenvalue weighted by Gasteiger charge is -2.49. The molecule has 2 amide bonds. The number of hydrogen-bond acceptors (Lipinski definition) is 4. The van der Waals surface area contributed by atoms with Gasteiger partial charge < -0.3 is 9.80 Å². The average Bonchev–Trinajstić information content (AvgIpc) is 3.26. The molecule has 2 unspecified atom stereocenters. The highest BCUT2D eigenvalue weighted by Crippen LogP contribution is 2.62. The molecule has 2 saturated carbocycles. The third-order valence-corrected chi connectivity index (χ3v) is 8.29. The van der Waals surface area contributed by atoms with Gasteiger partial charge in [0.2, 0.25) is 5.91 Å². The van der Waals surface area contributed by atoms with Gasteiger partial charge in [0.1, 0.15) is 0 Å². The molecule has 6 heteroatoms. The Balaban J connectivity index is 1.10. The maximum Gasteiger partial charge on any atom is 0.264 e. The van der Waals surface area contributed by atoms with Gasteiger partial charge in [-0.3, -0.25) is 14.5 Å². The van der Waals surface area contributed by atoms with Crippen molar-refractivity contribution in [1.29, 1.82) is 0 Å². The van der Waals surface area contributed by atoms with Gasteiger partial charge >= 0.3 is 0 Å². The van der Waals surface area contributed by atoms with Gasteiger partial charge in [0, 0.05) is 50.2 Å². The van der Waals surface area contributed by atoms with E-state index >= 15 is 0 Å². The van der Waals surface area contributed by atoms with Gasteiger partial charge in [0.05, 0.1) is 10.3 Å². The number of piperazine rings is 1. The summed E-state index contributed by atoms with van der Waals surface area (Å²) in [7, 11) is 0. The second-order valence-corrected chi connectivity index (χ2v) is 10.2. The van der Waals surface area contributed by atoms with Gasteiger partial charge in [0.15, 0.2) is 0 Å². The lowest BCUT2D eigenvalue weighted by Crippen LogP contribution is -2.65. The molecule has 1 aromatic rings. The zero-order valence-electron chi connectivity index (χ0n) is 16.2. The molecule has 3 heterocycles. The van der Waals surface area contributed by atoms with Crippen LogP contribution in [0, 0.1) is 18.3 Å². The maximum absolute atomic E-state index is 12.9. The maximum atomic E-state index is 12.9. The Morgan fingerprint density at radius 3 is 2.52 bits per heavy atom. The van der Waals surface area contributed by atoms with E-state index < -0.39 is 0 Å². The summed E-state index contributed by atoms with van der Waals surface area (Å²) in [4.78, 5) is 34.1. The molecule has 2 aliphatic carbocycles. The highest BCUT2D eigenvalue weighted by atomic mass is 32.1. The smallest absolute Gasteiger partial charge is 0.264 e. The summed E-state index contributed by atoms with van der Waals surface area (Å²) >= 11 is 1.58. The van der Waals surface area contributed by atoms with E-state index in [-0.39, 0.29) is 11.3 Å². The second-order valence-electron chi connectivity index (χ2n) is 8.91. The topological polar surface area (TPSA) is 43.9 Å². The summed E-state index contributed by atoms with van der Waals surface area (Å²) in [6, 6.07) is 4.46. The minimum Gasteiger partial charge on any atom is -0.339 e. The number of aryl methyl sites for hydroxylation is 1. The van der Waals surface area contributed by atoms with Gasteiger partial charge in [-0.2, -0.15) is 0 Å². The Morgan fingerprint density at radius 2 is 1.85 bits per heavy atom. The molecule has 2 aliphatic heterocycles. The summed E-state index contributed by atoms with van der Waals surface area (Å²) in [5, 5.41) is 0. The van der Waals surface area contributed by atoms with Crippen LogP contribution in [0.15, 0.2) is 12.1 Å². The van der Waals surface area contributed by atoms with E-state index in [0.717, 1.165) is 57.0 Å². The first-order valence-corrected chi connectivity index (χ1v) is 11.3. The number of likely N-dealkylation sites (tertiary alicyclic amines) is 1. The normalized spacial score (nSPS) is 31.4. The Hall–Kier alpha value is -1.40. The van der Waals surface area contributed by atoms with Crippen LogP contribution in [0.3, 0.4) is 0 Å². The van der Waals surface area contributed by atoms with Crippen LogP contribution in [-0.4, -0.2) is 71.8 Å². The predicted octanol–water partition coefficient (Wildman–Crippen LogP) is 2.61. The van der Waals surface area contributed by atoms with E-state index in [0.29, 0.717) is 17.9 Å². The molecule has 0 bridgehead atoms. The molecule has 2 saturated heterocycles. The number of fused-ring (bicyclic) bond motifs is 1. The molecule has 0 radical (unpaired) electrons. The van der Waals surface area contributed by atoms with Crippen LogP contribution >= 0.6 is 11.3 Å². The third kappa shape index (κ3) is 3.01. The first kappa shape index (κ1) is 17.7. The summed E-state index contributed by atoms with van der Waals surface area (Å²) in [6.07, 6.45) is 6.09. The lowest BCUT2D eigenvalue weighted by atomic mass is 9.86. The zero-order chi connectivity index (χ0) is 18.6. The molecular formula is C21H29N3O2S. The molecule has 5 rings (SSSR count). The van der Waals surface area contributed by atoms with E-state index in [1.165, 1.54) is 24.1 Å². The molecule has 2 atom stereocenters. The zero-order valence-corrected chi connectivity index (χ0v) is 17.0. The molecule has 5 nitrogen and oxygen atoms in total. The predicted molar refractivity (Wildman–Crippen MR) is 106 cm³/mol. The van der Waals surface area contributed by atoms with Gasteiger partial charge in [-0.15, -0.1) is 11.3 Å². The number of thiophene rings is 1. The molecule has 0 N–H and O–H groups in total. The van der Waals surface area contributed by atoms with Gasteiger partial charge in [-0.1, -0.05) is 12.8 Å². The Labute approximate surface area is 165 Å². The van der Waals surface area contributed by atoms with Crippen LogP contribution in [0.25, 0.3) is 0 Å². The molecule has 146 valence electrons. The molecule has 4 aliphatic rings. The molecule has 0 spiro atoms. The monoisotopic (exact) mass is 387 g/mol. The largest absolute Gasteiger partial charge is 0.339 e. The van der Waals surface area contributed by atoms with Crippen molar-refractivity contribution < 1.29 is 9.59 Å². The number of carbonyl (C=O) groups excluding carboxylic acids is 2. The first-order valence-electron chi connectivity index (χ1n) is 10.5. The fourth-order valence-corrected chi connectivity index (χ4v) is 6.26. The highest BCUT2D eigenvalue weighted by Gasteiger charge is 2.62. The number of hydrogen-bond donors (Lipinski definition) is 0. The summed E-state index contributed by atoms with van der Waals surface area (Å²) in [6.45, 7) is 7.28. The van der Waals surface area contributed by atoms with Crippen molar-refractivity contribution >= 4 is 23.2 Å². The van der Waals surface area contributed by atoms with Crippen LogP contribution in [0.4, 0.5) is 0 Å². The van der Waals surface area contributed by atoms with Crippen LogP contribution in [0.1, 0.15) is 46.7 Å². The third-order valence-electron chi connectivity index (χ3n) is 7.30. The Bertz CT molecular complexity index is 748. The van der Waals surface area contributed by atoms with Gasteiger partial charge in [-0.25, -0.2) is 0 Å². The van der Waals surface area contributed by atoms with E-state index in [4.69, 9.17) is 0 Å². The fraction of sp³-hybridized carbons (Fsp3) is 0.714. The fourth-order valence-electron chi connectivity index (χ4n) is 5.43. The average molecular weight is 388 g/mol. The quantitative estimate of drug-likeness (QED) is 0.801. The van der Waals surface area contributed by atoms with Crippen molar-refractivity contribution in [3.63, 3.8) is 0 Å². The second kappa shape index (κ2) is 6.59. The number of rotatable bonds is 3. The number of carbonyl (C=O) groups is 2. The van der Waals surface area contributed by atoms with Crippen molar-refractivity contribution in [2.45, 2.75) is 45.1 Å². The van der Waals surface area contributed by atoms with E-state index in [1.807, 2.05) is 24.0 Å². The molecule has 27 heavy (non-hydrogen) atoms. The lowest BCUT2D eigenvalue weighted by molar-refractivity contribution is -0.146. The van der Waals surface area contributed by atoms with Crippen LogP contribution in [0.5, 0.6) is 0 Å². The summed E-state index contributed by atoms with van der Waals surface area (Å²) in [5.41, 5.74) is 0.0488. The van der Waals surface area contributed by atoms with Crippen molar-refractivity contribution in [3.05, 3.63) is 21.9 Å². The van der Waals surface area contributed by atoms with Crippen molar-refractivity contribution in [1.82, 2.24) is 14.7 Å². The number of amides is 2. The Morgan fingerprint density at radius 1 is 1.07 bits per heavy atom. The van der Waals surface area contributed by atoms with Crippen molar-refractivity contribution in [2.24, 2.45) is 11.3 Å². The van der Waals surface area contributed by atoms with Crippen LogP contribution in [0.2, 0.25) is 0 Å². The van der Waals surface area contributed by atoms with E-state index in [1.54, 1.807) is 11.3 Å². The van der Waals surface area contributed by atoms with Crippen molar-refractivity contribution in [2.75, 3.05) is 39.3 Å². The van der Waals surface area contributed by atoms with Crippen LogP contribution in [-0.2, 0) is 4.79 Å².